The van der Waals surface area contributed by atoms with Crippen LogP contribution in [0.25, 0.3) is 0 Å². The van der Waals surface area contributed by atoms with Crippen molar-refractivity contribution in [3.05, 3.63) is 47.3 Å². The fourth-order valence-corrected chi connectivity index (χ4v) is 3.15. The van der Waals surface area contributed by atoms with E-state index >= 15 is 0 Å². The summed E-state index contributed by atoms with van der Waals surface area (Å²) in [7, 11) is 1.32. The van der Waals surface area contributed by atoms with Gasteiger partial charge >= 0.3 is 12.3 Å². The first kappa shape index (κ1) is 18.3. The molecule has 1 atom stereocenters. The highest BCUT2D eigenvalue weighted by atomic mass is 19.3. The number of fused-ring (bicyclic) bond motifs is 2. The van der Waals surface area contributed by atoms with Crippen LogP contribution >= 0.6 is 0 Å². The van der Waals surface area contributed by atoms with Crippen LogP contribution in [0.1, 0.15) is 23.5 Å². The number of carbonyl (C=O) groups is 1. The third-order valence-corrected chi connectivity index (χ3v) is 4.45. The molecule has 6 nitrogen and oxygen atoms in total. The average Bonchev–Trinajstić information content (AvgIpc) is 3.18. The topological polar surface area (TPSA) is 63.2 Å². The molecule has 0 aliphatic carbocycles. The van der Waals surface area contributed by atoms with Crippen LogP contribution in [0.4, 0.5) is 13.2 Å². The molecular formula is C19H15F3O6. The third-order valence-electron chi connectivity index (χ3n) is 4.45. The van der Waals surface area contributed by atoms with Crippen LogP contribution in [0.2, 0.25) is 0 Å². The van der Waals surface area contributed by atoms with Crippen molar-refractivity contribution in [1.82, 2.24) is 0 Å². The number of hydrogen-bond donors (Lipinski definition) is 0. The number of methoxy groups -OCH3 is 1. The molecule has 0 radical (unpaired) electrons. The number of carbonyl (C=O) groups excluding carboxylic acids is 1. The highest BCUT2D eigenvalue weighted by molar-refractivity contribution is 5.71. The van der Waals surface area contributed by atoms with Gasteiger partial charge in [-0.3, -0.25) is 4.79 Å². The number of benzene rings is 2. The Bertz CT molecular complexity index is 930. The summed E-state index contributed by atoms with van der Waals surface area (Å²) in [6.07, 6.45) is -3.65. The molecule has 2 aromatic carbocycles. The summed E-state index contributed by atoms with van der Waals surface area (Å²) in [5.41, 5.74) is 0.929. The zero-order valence-corrected chi connectivity index (χ0v) is 14.7. The first-order valence-corrected chi connectivity index (χ1v) is 8.39. The maximum atomic E-state index is 13.7. The molecule has 0 saturated heterocycles. The lowest BCUT2D eigenvalue weighted by molar-refractivity contribution is -0.287. The van der Waals surface area contributed by atoms with Crippen molar-refractivity contribution < 1.29 is 41.7 Å². The highest BCUT2D eigenvalue weighted by Crippen LogP contribution is 2.44. The third kappa shape index (κ3) is 3.51. The van der Waals surface area contributed by atoms with E-state index in [1.807, 2.05) is 0 Å². The van der Waals surface area contributed by atoms with Crippen molar-refractivity contribution in [3.63, 3.8) is 0 Å². The molecule has 2 aliphatic rings. The first-order valence-electron chi connectivity index (χ1n) is 8.39. The van der Waals surface area contributed by atoms with Gasteiger partial charge in [-0.25, -0.2) is 4.39 Å². The molecule has 0 amide bonds. The number of ether oxygens (including phenoxy) is 5. The van der Waals surface area contributed by atoms with Crippen molar-refractivity contribution >= 4 is 5.97 Å². The summed E-state index contributed by atoms with van der Waals surface area (Å²) in [5.74, 6) is -0.894. The second-order valence-electron chi connectivity index (χ2n) is 6.34. The minimum atomic E-state index is -3.85. The van der Waals surface area contributed by atoms with E-state index in [2.05, 4.69) is 14.2 Å². The number of alkyl halides is 2. The predicted molar refractivity (Wildman–Crippen MR) is 88.2 cm³/mol. The number of rotatable bonds is 5. The van der Waals surface area contributed by atoms with Gasteiger partial charge in [-0.05, 0) is 12.1 Å². The molecule has 0 fully saturated rings. The van der Waals surface area contributed by atoms with E-state index in [-0.39, 0.29) is 42.0 Å². The number of hydrogen-bond acceptors (Lipinski definition) is 6. The molecule has 2 aliphatic heterocycles. The molecule has 0 aromatic heterocycles. The lowest BCUT2D eigenvalue weighted by Crippen LogP contribution is -2.26. The Labute approximate surface area is 157 Å². The van der Waals surface area contributed by atoms with E-state index in [9.17, 15) is 18.0 Å². The largest absolute Gasteiger partial charge is 0.586 e. The van der Waals surface area contributed by atoms with Crippen LogP contribution in [-0.2, 0) is 16.1 Å². The fraction of sp³-hybridized carbons (Fsp3) is 0.316. The summed E-state index contributed by atoms with van der Waals surface area (Å²) >= 11 is 0. The van der Waals surface area contributed by atoms with Gasteiger partial charge in [-0.1, -0.05) is 6.07 Å². The molecule has 0 spiro atoms. The Morgan fingerprint density at radius 2 is 2.04 bits per heavy atom. The average molecular weight is 396 g/mol. The lowest BCUT2D eigenvalue weighted by atomic mass is 9.98. The molecule has 2 heterocycles. The summed E-state index contributed by atoms with van der Waals surface area (Å²) in [4.78, 5) is 11.5. The van der Waals surface area contributed by atoms with Crippen molar-refractivity contribution in [2.24, 2.45) is 0 Å². The van der Waals surface area contributed by atoms with Crippen molar-refractivity contribution in [3.8, 4) is 23.0 Å². The van der Waals surface area contributed by atoms with E-state index < -0.39 is 12.1 Å². The van der Waals surface area contributed by atoms with E-state index in [1.54, 1.807) is 18.2 Å². The molecule has 148 valence electrons. The number of halogens is 3. The molecule has 28 heavy (non-hydrogen) atoms. The van der Waals surface area contributed by atoms with Crippen LogP contribution < -0.4 is 18.9 Å². The molecule has 2 aromatic rings. The van der Waals surface area contributed by atoms with Crippen molar-refractivity contribution in [2.75, 3.05) is 13.7 Å². The molecular weight excluding hydrogens is 381 g/mol. The highest BCUT2D eigenvalue weighted by Gasteiger charge is 2.45. The zero-order chi connectivity index (χ0) is 19.9. The Morgan fingerprint density at radius 3 is 2.82 bits per heavy atom. The summed E-state index contributed by atoms with van der Waals surface area (Å²) < 4.78 is 64.7. The van der Waals surface area contributed by atoms with Crippen molar-refractivity contribution in [2.45, 2.75) is 25.2 Å². The Morgan fingerprint density at radius 1 is 1.21 bits per heavy atom. The van der Waals surface area contributed by atoms with Gasteiger partial charge in [0.15, 0.2) is 11.5 Å². The minimum absolute atomic E-state index is 0.0807. The van der Waals surface area contributed by atoms with E-state index in [4.69, 9.17) is 9.47 Å². The van der Waals surface area contributed by atoms with Crippen LogP contribution in [0, 0.1) is 5.82 Å². The number of esters is 1. The Hall–Kier alpha value is -3.10. The van der Waals surface area contributed by atoms with Crippen LogP contribution in [0.3, 0.4) is 0 Å². The van der Waals surface area contributed by atoms with Gasteiger partial charge < -0.3 is 23.7 Å². The normalized spacial score (nSPS) is 18.4. The molecule has 0 unspecified atom stereocenters. The molecule has 4 rings (SSSR count). The second kappa shape index (κ2) is 6.81. The zero-order valence-electron chi connectivity index (χ0n) is 14.7. The lowest BCUT2D eigenvalue weighted by Gasteiger charge is -2.11. The monoisotopic (exact) mass is 396 g/mol. The van der Waals surface area contributed by atoms with Gasteiger partial charge in [-0.2, -0.15) is 0 Å². The first-order chi connectivity index (χ1) is 13.3. The van der Waals surface area contributed by atoms with Crippen LogP contribution in [-0.4, -0.2) is 26.0 Å². The second-order valence-corrected chi connectivity index (χ2v) is 6.34. The Balaban J connectivity index is 1.48. The summed E-state index contributed by atoms with van der Waals surface area (Å²) in [6, 6.07) is 6.90. The summed E-state index contributed by atoms with van der Waals surface area (Å²) in [6.45, 7) is 0.120. The van der Waals surface area contributed by atoms with Gasteiger partial charge in [0.05, 0.1) is 20.1 Å². The van der Waals surface area contributed by atoms with E-state index in [0.717, 1.165) is 17.7 Å². The smallest absolute Gasteiger partial charge is 0.492 e. The predicted octanol–water partition coefficient (Wildman–Crippen LogP) is 3.77. The maximum absolute atomic E-state index is 13.7. The summed E-state index contributed by atoms with van der Waals surface area (Å²) in [5, 5.41) is 0. The van der Waals surface area contributed by atoms with Gasteiger partial charge in [0.2, 0.25) is 0 Å². The molecule has 0 N–H and O–H groups in total. The van der Waals surface area contributed by atoms with E-state index in [1.165, 1.54) is 7.11 Å². The molecule has 0 saturated carbocycles. The van der Waals surface area contributed by atoms with Gasteiger partial charge in [-0.15, -0.1) is 8.78 Å². The Kier molecular flexibility index (Phi) is 4.44. The van der Waals surface area contributed by atoms with Crippen LogP contribution in [0.15, 0.2) is 30.3 Å². The van der Waals surface area contributed by atoms with Gasteiger partial charge in [0.1, 0.15) is 23.9 Å². The van der Waals surface area contributed by atoms with E-state index in [0.29, 0.717) is 18.1 Å². The standard InChI is InChI=1S/C19H15F3O6/c1-24-17(23)5-10-8-26-15-7-13(2-3-14(10)15)25-9-11-4-12(20)6-16-18(11)28-19(21,22)27-16/h2-4,6-7,10H,5,8-9H2,1H3/t10-/m1/s1. The van der Waals surface area contributed by atoms with Crippen molar-refractivity contribution in [1.29, 1.82) is 0 Å². The van der Waals surface area contributed by atoms with Gasteiger partial charge in [0.25, 0.3) is 0 Å². The van der Waals surface area contributed by atoms with Gasteiger partial charge in [0, 0.05) is 29.2 Å². The molecule has 0 bridgehead atoms. The SMILES string of the molecule is COC(=O)C[C@@H]1COc2cc(OCc3cc(F)cc4c3OC(F)(F)O4)ccc21. The quantitative estimate of drug-likeness (QED) is 0.717. The maximum Gasteiger partial charge on any atom is 0.586 e. The van der Waals surface area contributed by atoms with Crippen LogP contribution in [0.5, 0.6) is 23.0 Å². The molecule has 9 heteroatoms. The fourth-order valence-electron chi connectivity index (χ4n) is 3.15. The minimum Gasteiger partial charge on any atom is -0.492 e.